The highest BCUT2D eigenvalue weighted by atomic mass is 35.5. The first-order valence-electron chi connectivity index (χ1n) is 10.1. The molecule has 1 heterocycles. The number of rotatable bonds is 7. The van der Waals surface area contributed by atoms with Crippen LogP contribution >= 0.6 is 24.0 Å². The van der Waals surface area contributed by atoms with Gasteiger partial charge in [0, 0.05) is 35.0 Å². The smallest absolute Gasteiger partial charge is 0.270 e. The second-order valence-electron chi connectivity index (χ2n) is 8.27. The molecule has 0 aliphatic carbocycles. The van der Waals surface area contributed by atoms with E-state index in [4.69, 9.17) is 22.1 Å². The Morgan fingerprint density at radius 2 is 1.82 bits per heavy atom. The van der Waals surface area contributed by atoms with Gasteiger partial charge in [-0.15, -0.1) is 12.4 Å². The van der Waals surface area contributed by atoms with Crippen molar-refractivity contribution in [1.29, 1.82) is 0 Å². The normalized spacial score (nSPS) is 11.0. The largest absolute Gasteiger partial charge is 0.487 e. The number of hydrogen-bond donors (Lipinski definition) is 3. The van der Waals surface area contributed by atoms with E-state index in [1.54, 1.807) is 45.0 Å². The van der Waals surface area contributed by atoms with E-state index in [9.17, 15) is 18.4 Å². The van der Waals surface area contributed by atoms with Gasteiger partial charge in [-0.05, 0) is 50.6 Å². The molecule has 0 spiro atoms. The number of H-pyrrole nitrogens is 1. The SMILES string of the molecule is Cc1[nH]c(=O)c(Cl)c(OCc2ccc(F)cc2F)c1Cc1ccc(NC(=O)C(C)(C)N)cc1.Cl. The molecule has 182 valence electrons. The van der Waals surface area contributed by atoms with Gasteiger partial charge in [-0.2, -0.15) is 0 Å². The van der Waals surface area contributed by atoms with Crippen molar-refractivity contribution in [2.45, 2.75) is 39.3 Å². The molecule has 3 rings (SSSR count). The summed E-state index contributed by atoms with van der Waals surface area (Å²) < 4.78 is 32.9. The molecular weight excluding hydrogens is 487 g/mol. The van der Waals surface area contributed by atoms with E-state index in [-0.39, 0.29) is 41.3 Å². The summed E-state index contributed by atoms with van der Waals surface area (Å²) in [5.74, 6) is -1.64. The number of nitrogens with one attached hydrogen (secondary N) is 2. The van der Waals surface area contributed by atoms with Crippen LogP contribution in [0.5, 0.6) is 5.75 Å². The Bertz CT molecular complexity index is 1240. The maximum Gasteiger partial charge on any atom is 0.270 e. The summed E-state index contributed by atoms with van der Waals surface area (Å²) in [7, 11) is 0. The lowest BCUT2D eigenvalue weighted by Gasteiger charge is -2.18. The number of hydrogen-bond acceptors (Lipinski definition) is 4. The van der Waals surface area contributed by atoms with Crippen molar-refractivity contribution in [3.8, 4) is 5.75 Å². The number of halogens is 4. The van der Waals surface area contributed by atoms with Crippen molar-refractivity contribution in [1.82, 2.24) is 4.98 Å². The molecule has 4 N–H and O–H groups in total. The van der Waals surface area contributed by atoms with E-state index in [1.165, 1.54) is 6.07 Å². The third-order valence-corrected chi connectivity index (χ3v) is 5.33. The Balaban J connectivity index is 0.00000408. The first-order valence-corrected chi connectivity index (χ1v) is 10.5. The summed E-state index contributed by atoms with van der Waals surface area (Å²) in [5, 5.41) is 2.58. The molecule has 1 amide bonds. The molecular formula is C24H25Cl2F2N3O3. The lowest BCUT2D eigenvalue weighted by Crippen LogP contribution is -2.45. The zero-order valence-electron chi connectivity index (χ0n) is 18.8. The average Bonchev–Trinajstić information content (AvgIpc) is 2.73. The molecule has 2 aromatic carbocycles. The van der Waals surface area contributed by atoms with Crippen molar-refractivity contribution >= 4 is 35.6 Å². The van der Waals surface area contributed by atoms with E-state index < -0.39 is 22.7 Å². The van der Waals surface area contributed by atoms with Crippen LogP contribution in [-0.4, -0.2) is 16.4 Å². The fraction of sp³-hybridized carbons (Fsp3) is 0.250. The minimum Gasteiger partial charge on any atom is -0.487 e. The van der Waals surface area contributed by atoms with E-state index in [2.05, 4.69) is 10.3 Å². The average molecular weight is 512 g/mol. The second-order valence-corrected chi connectivity index (χ2v) is 8.65. The third-order valence-electron chi connectivity index (χ3n) is 4.99. The van der Waals surface area contributed by atoms with E-state index >= 15 is 0 Å². The number of carbonyl (C=O) groups excluding carboxylic acids is 1. The molecule has 0 atom stereocenters. The maximum absolute atomic E-state index is 14.0. The van der Waals surface area contributed by atoms with Gasteiger partial charge in [0.2, 0.25) is 5.91 Å². The summed E-state index contributed by atoms with van der Waals surface area (Å²) in [6, 6.07) is 10.2. The van der Waals surface area contributed by atoms with Crippen LogP contribution in [0.1, 0.15) is 36.2 Å². The number of aryl methyl sites for hydroxylation is 1. The predicted molar refractivity (Wildman–Crippen MR) is 131 cm³/mol. The van der Waals surface area contributed by atoms with Crippen LogP contribution in [0.2, 0.25) is 5.02 Å². The molecule has 0 saturated carbocycles. The van der Waals surface area contributed by atoms with Crippen molar-refractivity contribution in [2.24, 2.45) is 5.73 Å². The molecule has 0 aliphatic rings. The zero-order valence-corrected chi connectivity index (χ0v) is 20.4. The summed E-state index contributed by atoms with van der Waals surface area (Å²) in [4.78, 5) is 26.9. The molecule has 10 heteroatoms. The molecule has 0 unspecified atom stereocenters. The van der Waals surface area contributed by atoms with Crippen LogP contribution in [0.4, 0.5) is 14.5 Å². The Kier molecular flexibility index (Phi) is 8.83. The Morgan fingerprint density at radius 1 is 1.18 bits per heavy atom. The number of anilines is 1. The number of nitrogens with two attached hydrogens (primary N) is 1. The standard InChI is InChI=1S/C24H24ClF2N3O3.ClH/c1-13-18(10-14-4-8-17(9-5-14)30-23(32)24(2,3)28)21(20(25)22(31)29-13)33-12-15-6-7-16(26)11-19(15)27;/h4-9,11H,10,12,28H2,1-3H3,(H,29,31)(H,30,32);1H. The minimum atomic E-state index is -1.02. The molecule has 34 heavy (non-hydrogen) atoms. The van der Waals surface area contributed by atoms with Crippen LogP contribution in [-0.2, 0) is 17.8 Å². The minimum absolute atomic E-state index is 0. The Morgan fingerprint density at radius 3 is 2.41 bits per heavy atom. The zero-order chi connectivity index (χ0) is 24.3. The van der Waals surface area contributed by atoms with Gasteiger partial charge < -0.3 is 20.8 Å². The van der Waals surface area contributed by atoms with Crippen LogP contribution < -0.4 is 21.3 Å². The van der Waals surface area contributed by atoms with Gasteiger partial charge in [0.15, 0.2) is 0 Å². The fourth-order valence-electron chi connectivity index (χ4n) is 3.06. The fourth-order valence-corrected chi connectivity index (χ4v) is 3.28. The molecule has 6 nitrogen and oxygen atoms in total. The monoisotopic (exact) mass is 511 g/mol. The molecule has 0 fully saturated rings. The van der Waals surface area contributed by atoms with Crippen molar-refractivity contribution < 1.29 is 18.3 Å². The van der Waals surface area contributed by atoms with E-state index in [0.717, 1.165) is 17.7 Å². The molecule has 0 bridgehead atoms. The van der Waals surface area contributed by atoms with Crippen LogP contribution in [0, 0.1) is 18.6 Å². The predicted octanol–water partition coefficient (Wildman–Crippen LogP) is 4.88. The maximum atomic E-state index is 14.0. The lowest BCUT2D eigenvalue weighted by molar-refractivity contribution is -0.120. The molecule has 3 aromatic rings. The number of amides is 1. The molecule has 0 aliphatic heterocycles. The van der Waals surface area contributed by atoms with Gasteiger partial charge in [-0.3, -0.25) is 9.59 Å². The van der Waals surface area contributed by atoms with Gasteiger partial charge in [0.25, 0.3) is 5.56 Å². The van der Waals surface area contributed by atoms with Crippen LogP contribution in [0.25, 0.3) is 0 Å². The second kappa shape index (κ2) is 11.0. The van der Waals surface area contributed by atoms with E-state index in [0.29, 0.717) is 23.4 Å². The summed E-state index contributed by atoms with van der Waals surface area (Å²) in [6.45, 7) is 4.69. The van der Waals surface area contributed by atoms with Crippen molar-refractivity contribution in [2.75, 3.05) is 5.32 Å². The van der Waals surface area contributed by atoms with Gasteiger partial charge >= 0.3 is 0 Å². The molecule has 0 radical (unpaired) electrons. The van der Waals surface area contributed by atoms with Gasteiger partial charge in [-0.1, -0.05) is 23.7 Å². The lowest BCUT2D eigenvalue weighted by atomic mass is 10.0. The van der Waals surface area contributed by atoms with Gasteiger partial charge in [-0.25, -0.2) is 8.78 Å². The van der Waals surface area contributed by atoms with Gasteiger partial charge in [0.05, 0.1) is 5.54 Å². The van der Waals surface area contributed by atoms with Crippen LogP contribution in [0.3, 0.4) is 0 Å². The summed E-state index contributed by atoms with van der Waals surface area (Å²) >= 11 is 6.21. The first-order chi connectivity index (χ1) is 15.5. The number of aromatic amines is 1. The Hall–Kier alpha value is -2.94. The number of benzene rings is 2. The third kappa shape index (κ3) is 6.56. The highest BCUT2D eigenvalue weighted by Gasteiger charge is 2.22. The summed E-state index contributed by atoms with van der Waals surface area (Å²) in [5.41, 5.74) is 6.96. The number of carbonyl (C=O) groups is 1. The quantitative estimate of drug-likeness (QED) is 0.420. The number of pyridine rings is 1. The molecule has 1 aromatic heterocycles. The topological polar surface area (TPSA) is 97.2 Å². The van der Waals surface area contributed by atoms with E-state index in [1.807, 2.05) is 0 Å². The number of aromatic nitrogens is 1. The number of ether oxygens (including phenoxy) is 1. The van der Waals surface area contributed by atoms with Crippen molar-refractivity contribution in [3.05, 3.63) is 91.9 Å². The van der Waals surface area contributed by atoms with Crippen LogP contribution in [0.15, 0.2) is 47.3 Å². The van der Waals surface area contributed by atoms with Gasteiger partial charge in [0.1, 0.15) is 29.0 Å². The van der Waals surface area contributed by atoms with Crippen molar-refractivity contribution in [3.63, 3.8) is 0 Å². The highest BCUT2D eigenvalue weighted by Crippen LogP contribution is 2.31. The Labute approximate surface area is 206 Å². The summed E-state index contributed by atoms with van der Waals surface area (Å²) in [6.07, 6.45) is 0.347. The highest BCUT2D eigenvalue weighted by molar-refractivity contribution is 6.32. The first kappa shape index (κ1) is 27.3. The molecule has 0 saturated heterocycles.